The van der Waals surface area contributed by atoms with E-state index in [0.717, 1.165) is 18.0 Å². The monoisotopic (exact) mass is 308 g/mol. The summed E-state index contributed by atoms with van der Waals surface area (Å²) in [5.74, 6) is 0. The van der Waals surface area contributed by atoms with Gasteiger partial charge in [-0.2, -0.15) is 0 Å². The molecule has 1 aliphatic rings. The molecule has 1 N–H and O–H groups in total. The molecule has 1 aromatic carbocycles. The summed E-state index contributed by atoms with van der Waals surface area (Å²) in [5.41, 5.74) is 1.53. The van der Waals surface area contributed by atoms with Crippen molar-refractivity contribution in [3.05, 3.63) is 34.9 Å². The maximum Gasteiger partial charge on any atom is 0.0507 e. The fourth-order valence-corrected chi connectivity index (χ4v) is 3.95. The van der Waals surface area contributed by atoms with Crippen LogP contribution in [0, 0.1) is 0 Å². The first-order chi connectivity index (χ1) is 10.1. The van der Waals surface area contributed by atoms with Gasteiger partial charge < -0.3 is 10.2 Å². The number of rotatable bonds is 6. The third-order valence-electron chi connectivity index (χ3n) is 4.93. The SMILES string of the molecule is CCCNC(c1cccc(Cl)c1)C1(N(C)C)CCCCC1. The Morgan fingerprint density at radius 2 is 1.95 bits per heavy atom. The fourth-order valence-electron chi connectivity index (χ4n) is 3.75. The summed E-state index contributed by atoms with van der Waals surface area (Å²) in [7, 11) is 4.47. The van der Waals surface area contributed by atoms with E-state index in [1.165, 1.54) is 37.7 Å². The highest BCUT2D eigenvalue weighted by atomic mass is 35.5. The average Bonchev–Trinajstić information content (AvgIpc) is 2.48. The third kappa shape index (κ3) is 3.80. The zero-order valence-corrected chi connectivity index (χ0v) is 14.4. The van der Waals surface area contributed by atoms with Gasteiger partial charge in [0.2, 0.25) is 0 Å². The van der Waals surface area contributed by atoms with E-state index in [4.69, 9.17) is 11.6 Å². The van der Waals surface area contributed by atoms with Gasteiger partial charge >= 0.3 is 0 Å². The van der Waals surface area contributed by atoms with Crippen LogP contribution >= 0.6 is 11.6 Å². The molecule has 1 aliphatic carbocycles. The Morgan fingerprint density at radius 1 is 1.24 bits per heavy atom. The number of nitrogens with one attached hydrogen (secondary N) is 1. The van der Waals surface area contributed by atoms with Crippen LogP contribution in [0.3, 0.4) is 0 Å². The number of nitrogens with zero attached hydrogens (tertiary/aromatic N) is 1. The number of hydrogen-bond acceptors (Lipinski definition) is 2. The predicted molar refractivity (Wildman–Crippen MR) is 92.0 cm³/mol. The Bertz CT molecular complexity index is 439. The van der Waals surface area contributed by atoms with Crippen molar-refractivity contribution < 1.29 is 0 Å². The van der Waals surface area contributed by atoms with Gasteiger partial charge in [-0.3, -0.25) is 0 Å². The van der Waals surface area contributed by atoms with E-state index in [2.05, 4.69) is 49.4 Å². The zero-order chi connectivity index (χ0) is 15.3. The molecule has 0 aromatic heterocycles. The molecule has 0 saturated heterocycles. The number of halogens is 1. The molecular formula is C18H29ClN2. The molecule has 1 aromatic rings. The summed E-state index contributed by atoms with van der Waals surface area (Å²) in [4.78, 5) is 2.44. The van der Waals surface area contributed by atoms with Gasteiger partial charge in [-0.25, -0.2) is 0 Å². The van der Waals surface area contributed by atoms with Crippen LogP contribution < -0.4 is 5.32 Å². The molecule has 21 heavy (non-hydrogen) atoms. The van der Waals surface area contributed by atoms with E-state index in [1.807, 2.05) is 6.07 Å². The minimum absolute atomic E-state index is 0.206. The second-order valence-electron chi connectivity index (χ2n) is 6.50. The van der Waals surface area contributed by atoms with Crippen molar-refractivity contribution in [2.75, 3.05) is 20.6 Å². The molecule has 0 aliphatic heterocycles. The molecule has 3 heteroatoms. The Balaban J connectivity index is 2.36. The molecule has 2 rings (SSSR count). The van der Waals surface area contributed by atoms with Crippen LogP contribution in [0.25, 0.3) is 0 Å². The van der Waals surface area contributed by atoms with Crippen LogP contribution in [-0.2, 0) is 0 Å². The van der Waals surface area contributed by atoms with Gasteiger partial charge in [-0.15, -0.1) is 0 Å². The van der Waals surface area contributed by atoms with E-state index in [9.17, 15) is 0 Å². The lowest BCUT2D eigenvalue weighted by Gasteiger charge is -2.49. The molecule has 0 heterocycles. The lowest BCUT2D eigenvalue weighted by atomic mass is 9.73. The van der Waals surface area contributed by atoms with Crippen molar-refractivity contribution in [2.24, 2.45) is 0 Å². The Morgan fingerprint density at radius 3 is 2.52 bits per heavy atom. The van der Waals surface area contributed by atoms with E-state index in [-0.39, 0.29) is 5.54 Å². The summed E-state index contributed by atoms with van der Waals surface area (Å²) in [6, 6.07) is 8.75. The van der Waals surface area contributed by atoms with Gasteiger partial charge in [-0.1, -0.05) is 49.9 Å². The minimum Gasteiger partial charge on any atom is -0.308 e. The van der Waals surface area contributed by atoms with E-state index < -0.39 is 0 Å². The van der Waals surface area contributed by atoms with Crippen LogP contribution in [0.5, 0.6) is 0 Å². The summed E-state index contributed by atoms with van der Waals surface area (Å²) in [6.07, 6.45) is 7.68. The Hall–Kier alpha value is -0.570. The van der Waals surface area contributed by atoms with Crippen LogP contribution in [0.2, 0.25) is 5.02 Å². The standard InChI is InChI=1S/C18H29ClN2/c1-4-13-20-17(15-9-8-10-16(19)14-15)18(21(2)3)11-6-5-7-12-18/h8-10,14,17,20H,4-7,11-13H2,1-3H3. The topological polar surface area (TPSA) is 15.3 Å². The fraction of sp³-hybridized carbons (Fsp3) is 0.667. The largest absolute Gasteiger partial charge is 0.308 e. The van der Waals surface area contributed by atoms with Crippen molar-refractivity contribution >= 4 is 11.6 Å². The molecule has 0 radical (unpaired) electrons. The first-order valence-corrected chi connectivity index (χ1v) is 8.64. The quantitative estimate of drug-likeness (QED) is 0.823. The predicted octanol–water partition coefficient (Wildman–Crippen LogP) is 4.65. The van der Waals surface area contributed by atoms with Gasteiger partial charge in [0.1, 0.15) is 0 Å². The van der Waals surface area contributed by atoms with E-state index in [0.29, 0.717) is 6.04 Å². The Kier molecular flexibility index (Phi) is 6.09. The van der Waals surface area contributed by atoms with Crippen LogP contribution in [0.1, 0.15) is 57.1 Å². The lowest BCUT2D eigenvalue weighted by Crippen LogP contribution is -2.55. The van der Waals surface area contributed by atoms with Gasteiger partial charge in [0, 0.05) is 10.6 Å². The first-order valence-electron chi connectivity index (χ1n) is 8.26. The molecule has 0 amide bonds. The maximum absolute atomic E-state index is 6.25. The molecule has 1 saturated carbocycles. The second kappa shape index (κ2) is 7.62. The summed E-state index contributed by atoms with van der Waals surface area (Å²) < 4.78 is 0. The molecule has 1 atom stereocenters. The first kappa shape index (κ1) is 16.8. The van der Waals surface area contributed by atoms with Crippen molar-refractivity contribution in [1.29, 1.82) is 0 Å². The molecule has 0 spiro atoms. The molecule has 1 unspecified atom stereocenters. The Labute approximate surface area is 134 Å². The third-order valence-corrected chi connectivity index (χ3v) is 5.16. The van der Waals surface area contributed by atoms with Crippen LogP contribution in [-0.4, -0.2) is 31.1 Å². The van der Waals surface area contributed by atoms with Gasteiger partial charge in [0.25, 0.3) is 0 Å². The molecule has 2 nitrogen and oxygen atoms in total. The van der Waals surface area contributed by atoms with Gasteiger partial charge in [0.15, 0.2) is 0 Å². The van der Waals surface area contributed by atoms with Crippen molar-refractivity contribution in [3.8, 4) is 0 Å². The highest BCUT2D eigenvalue weighted by Crippen LogP contribution is 2.42. The van der Waals surface area contributed by atoms with Crippen LogP contribution in [0.4, 0.5) is 0 Å². The van der Waals surface area contributed by atoms with Gasteiger partial charge in [0.05, 0.1) is 6.04 Å². The van der Waals surface area contributed by atoms with E-state index in [1.54, 1.807) is 0 Å². The highest BCUT2D eigenvalue weighted by molar-refractivity contribution is 6.30. The van der Waals surface area contributed by atoms with Crippen LogP contribution in [0.15, 0.2) is 24.3 Å². The number of hydrogen-bond donors (Lipinski definition) is 1. The highest BCUT2D eigenvalue weighted by Gasteiger charge is 2.42. The average molecular weight is 309 g/mol. The number of likely N-dealkylation sites (N-methyl/N-ethyl adjacent to an activating group) is 1. The summed E-state index contributed by atoms with van der Waals surface area (Å²) >= 11 is 6.25. The maximum atomic E-state index is 6.25. The summed E-state index contributed by atoms with van der Waals surface area (Å²) in [5, 5.41) is 4.64. The lowest BCUT2D eigenvalue weighted by molar-refractivity contribution is 0.0564. The smallest absolute Gasteiger partial charge is 0.0507 e. The molecule has 118 valence electrons. The van der Waals surface area contributed by atoms with Crippen molar-refractivity contribution in [1.82, 2.24) is 10.2 Å². The second-order valence-corrected chi connectivity index (χ2v) is 6.94. The van der Waals surface area contributed by atoms with E-state index >= 15 is 0 Å². The molecule has 0 bridgehead atoms. The number of benzene rings is 1. The van der Waals surface area contributed by atoms with Gasteiger partial charge in [-0.05, 0) is 57.6 Å². The summed E-state index contributed by atoms with van der Waals surface area (Å²) in [6.45, 7) is 3.28. The minimum atomic E-state index is 0.206. The normalized spacial score (nSPS) is 19.7. The molecular weight excluding hydrogens is 280 g/mol. The zero-order valence-electron chi connectivity index (χ0n) is 13.7. The van der Waals surface area contributed by atoms with Crippen molar-refractivity contribution in [3.63, 3.8) is 0 Å². The van der Waals surface area contributed by atoms with Crippen molar-refractivity contribution in [2.45, 2.75) is 57.0 Å². The molecule has 1 fully saturated rings.